The van der Waals surface area contributed by atoms with E-state index in [1.807, 2.05) is 13.0 Å². The minimum absolute atomic E-state index is 0.168. The molecule has 0 aromatic heterocycles. The first kappa shape index (κ1) is 18.2. The summed E-state index contributed by atoms with van der Waals surface area (Å²) in [5, 5.41) is -0.168. The maximum Gasteiger partial charge on any atom is 0.335 e. The summed E-state index contributed by atoms with van der Waals surface area (Å²) in [5.74, 6) is -1.53. The zero-order valence-corrected chi connectivity index (χ0v) is 15.2. The number of ether oxygens (including phenoxy) is 3. The van der Waals surface area contributed by atoms with Gasteiger partial charge >= 0.3 is 5.97 Å². The number of carbonyl (C=O) groups is 1. The number of hydrogen-bond acceptors (Lipinski definition) is 6. The summed E-state index contributed by atoms with van der Waals surface area (Å²) in [5.41, 5.74) is 1.75. The van der Waals surface area contributed by atoms with E-state index in [-0.39, 0.29) is 17.0 Å². The Bertz CT molecular complexity index is 673. The van der Waals surface area contributed by atoms with Crippen LogP contribution in [0.25, 0.3) is 0 Å². The summed E-state index contributed by atoms with van der Waals surface area (Å²) < 4.78 is 33.6. The van der Waals surface area contributed by atoms with Crippen LogP contribution in [0.5, 0.6) is 0 Å². The summed E-state index contributed by atoms with van der Waals surface area (Å²) in [6, 6.07) is 5.00. The number of benzene rings is 1. The van der Waals surface area contributed by atoms with Gasteiger partial charge in [0.15, 0.2) is 5.79 Å². The number of nitrogens with one attached hydrogen (secondary N) is 1. The van der Waals surface area contributed by atoms with Crippen molar-refractivity contribution in [3.8, 4) is 0 Å². The Balaban J connectivity index is 1.75. The van der Waals surface area contributed by atoms with E-state index in [4.69, 9.17) is 14.2 Å². The predicted octanol–water partition coefficient (Wildman–Crippen LogP) is 3.59. The molecule has 1 aromatic carbocycles. The zero-order chi connectivity index (χ0) is 17.9. The molecule has 7 heteroatoms. The summed E-state index contributed by atoms with van der Waals surface area (Å²) in [6.07, 6.45) is 3.04. The number of aryl methyl sites for hydroxylation is 1. The maximum absolute atomic E-state index is 14.0. The van der Waals surface area contributed by atoms with Gasteiger partial charge in [-0.05, 0) is 56.0 Å². The third kappa shape index (κ3) is 4.16. The topological polar surface area (TPSA) is 56.8 Å². The van der Waals surface area contributed by atoms with E-state index in [1.165, 1.54) is 18.0 Å². The van der Waals surface area contributed by atoms with Crippen LogP contribution in [-0.4, -0.2) is 36.8 Å². The van der Waals surface area contributed by atoms with Crippen molar-refractivity contribution in [1.82, 2.24) is 0 Å². The second-order valence-corrected chi connectivity index (χ2v) is 7.07. The number of esters is 1. The molecule has 2 aliphatic rings. The highest BCUT2D eigenvalue weighted by Crippen LogP contribution is 2.39. The zero-order valence-electron chi connectivity index (χ0n) is 14.3. The molecule has 0 radical (unpaired) electrons. The molecule has 1 fully saturated rings. The van der Waals surface area contributed by atoms with Gasteiger partial charge in [0.2, 0.25) is 0 Å². The van der Waals surface area contributed by atoms with E-state index in [0.29, 0.717) is 43.9 Å². The Labute approximate surface area is 151 Å². The molecule has 1 saturated heterocycles. The van der Waals surface area contributed by atoms with Gasteiger partial charge in [0.1, 0.15) is 5.82 Å². The highest BCUT2D eigenvalue weighted by Gasteiger charge is 2.42. The average Bonchev–Trinajstić information content (AvgIpc) is 3.03. The van der Waals surface area contributed by atoms with Crippen molar-refractivity contribution in [1.29, 1.82) is 0 Å². The van der Waals surface area contributed by atoms with Crippen LogP contribution in [0.2, 0.25) is 0 Å². The fourth-order valence-corrected chi connectivity index (χ4v) is 3.91. The normalized spacial score (nSPS) is 21.9. The molecule has 25 heavy (non-hydrogen) atoms. The first-order valence-corrected chi connectivity index (χ1v) is 9.26. The quantitative estimate of drug-likeness (QED) is 0.634. The van der Waals surface area contributed by atoms with Crippen LogP contribution in [0.1, 0.15) is 25.3 Å². The third-order valence-electron chi connectivity index (χ3n) is 4.20. The van der Waals surface area contributed by atoms with Gasteiger partial charge in [-0.15, -0.1) is 0 Å². The van der Waals surface area contributed by atoms with E-state index >= 15 is 0 Å². The second kappa shape index (κ2) is 7.76. The van der Waals surface area contributed by atoms with Crippen molar-refractivity contribution in [3.05, 3.63) is 41.2 Å². The smallest absolute Gasteiger partial charge is 0.335 e. The van der Waals surface area contributed by atoms with Crippen LogP contribution in [0.3, 0.4) is 0 Å². The predicted molar refractivity (Wildman–Crippen MR) is 94.7 cm³/mol. The minimum atomic E-state index is -0.825. The van der Waals surface area contributed by atoms with E-state index in [9.17, 15) is 9.18 Å². The van der Waals surface area contributed by atoms with Crippen molar-refractivity contribution < 1.29 is 23.4 Å². The molecule has 1 aliphatic heterocycles. The lowest BCUT2D eigenvalue weighted by Gasteiger charge is -2.33. The molecule has 5 nitrogen and oxygen atoms in total. The molecule has 1 atom stereocenters. The molecule has 0 amide bonds. The Hall–Kier alpha value is -1.57. The fourth-order valence-electron chi connectivity index (χ4n) is 2.95. The van der Waals surface area contributed by atoms with Gasteiger partial charge < -0.3 is 18.9 Å². The number of hydrogen-bond donors (Lipinski definition) is 1. The Kier molecular flexibility index (Phi) is 5.66. The lowest BCUT2D eigenvalue weighted by Crippen LogP contribution is -2.36. The highest BCUT2D eigenvalue weighted by molar-refractivity contribution is 8.01. The molecule has 0 bridgehead atoms. The molecule has 0 saturated carbocycles. The van der Waals surface area contributed by atoms with Crippen molar-refractivity contribution in [3.63, 3.8) is 0 Å². The largest absolute Gasteiger partial charge is 0.463 e. The standard InChI is InChI=1S/C18H22FNO4S/c1-3-22-17(21)13-11-18(23-8-9-24-18)7-6-16(13)25-20-15-5-4-12(2)10-14(15)19/h4-5,10-11,16,20H,3,6-9H2,1-2H3. The van der Waals surface area contributed by atoms with Gasteiger partial charge in [-0.2, -0.15) is 0 Å². The van der Waals surface area contributed by atoms with Gasteiger partial charge in [-0.25, -0.2) is 9.18 Å². The number of carbonyl (C=O) groups excluding carboxylic acids is 1. The van der Waals surface area contributed by atoms with Crippen molar-refractivity contribution in [2.45, 2.75) is 37.7 Å². The average molecular weight is 367 g/mol. The first-order valence-electron chi connectivity index (χ1n) is 8.38. The van der Waals surface area contributed by atoms with Gasteiger partial charge in [0.25, 0.3) is 0 Å². The molecule has 136 valence electrons. The molecule has 1 heterocycles. The Morgan fingerprint density at radius 1 is 1.44 bits per heavy atom. The molecular formula is C18H22FNO4S. The van der Waals surface area contributed by atoms with E-state index in [2.05, 4.69) is 4.72 Å². The van der Waals surface area contributed by atoms with Crippen molar-refractivity contribution >= 4 is 23.6 Å². The SMILES string of the molecule is CCOC(=O)C1=CC2(CCC1SNc1ccc(C)cc1F)OCCO2. The van der Waals surface area contributed by atoms with Crippen molar-refractivity contribution in [2.75, 3.05) is 24.5 Å². The van der Waals surface area contributed by atoms with Crippen LogP contribution >= 0.6 is 11.9 Å². The second-order valence-electron chi connectivity index (χ2n) is 6.06. The maximum atomic E-state index is 14.0. The summed E-state index contributed by atoms with van der Waals surface area (Å²) in [6.45, 7) is 4.92. The Morgan fingerprint density at radius 3 is 2.88 bits per heavy atom. The molecule has 1 aliphatic carbocycles. The van der Waals surface area contributed by atoms with Crippen LogP contribution in [0.15, 0.2) is 29.8 Å². The lowest BCUT2D eigenvalue weighted by molar-refractivity contribution is -0.142. The summed E-state index contributed by atoms with van der Waals surface area (Å²) in [7, 11) is 0. The first-order chi connectivity index (χ1) is 12.0. The number of halogens is 1. The van der Waals surface area contributed by atoms with Crippen molar-refractivity contribution in [2.24, 2.45) is 0 Å². The van der Waals surface area contributed by atoms with Crippen LogP contribution < -0.4 is 4.72 Å². The number of rotatable bonds is 5. The van der Waals surface area contributed by atoms with Gasteiger partial charge in [-0.1, -0.05) is 6.07 Å². The highest BCUT2D eigenvalue weighted by atomic mass is 32.2. The van der Waals surface area contributed by atoms with Gasteiger partial charge in [0, 0.05) is 6.42 Å². The van der Waals surface area contributed by atoms with Gasteiger partial charge in [-0.3, -0.25) is 0 Å². The fraction of sp³-hybridized carbons (Fsp3) is 0.500. The van der Waals surface area contributed by atoms with E-state index in [0.717, 1.165) is 5.56 Å². The summed E-state index contributed by atoms with van der Waals surface area (Å²) >= 11 is 1.30. The van der Waals surface area contributed by atoms with Gasteiger partial charge in [0.05, 0.1) is 36.3 Å². The summed E-state index contributed by atoms with van der Waals surface area (Å²) in [4.78, 5) is 12.4. The molecule has 1 N–H and O–H groups in total. The van der Waals surface area contributed by atoms with Crippen LogP contribution in [-0.2, 0) is 19.0 Å². The van der Waals surface area contributed by atoms with E-state index in [1.54, 1.807) is 19.1 Å². The monoisotopic (exact) mass is 367 g/mol. The molecule has 3 rings (SSSR count). The number of anilines is 1. The molecule has 1 aromatic rings. The van der Waals surface area contributed by atoms with Crippen LogP contribution in [0.4, 0.5) is 10.1 Å². The molecular weight excluding hydrogens is 345 g/mol. The molecule has 1 unspecified atom stereocenters. The lowest BCUT2D eigenvalue weighted by atomic mass is 9.94. The van der Waals surface area contributed by atoms with E-state index < -0.39 is 5.79 Å². The Morgan fingerprint density at radius 2 is 2.20 bits per heavy atom. The molecule has 1 spiro atoms. The minimum Gasteiger partial charge on any atom is -0.463 e. The van der Waals surface area contributed by atoms with Crippen LogP contribution in [0, 0.1) is 12.7 Å². The third-order valence-corrected chi connectivity index (χ3v) is 5.31.